The number of aromatic nitrogens is 1. The number of carbonyl (C=O) groups is 1. The fraction of sp³-hybridized carbons (Fsp3) is 0.294. The first-order chi connectivity index (χ1) is 11.3. The van der Waals surface area contributed by atoms with E-state index in [9.17, 15) is 4.79 Å². The molecule has 4 nitrogen and oxygen atoms in total. The quantitative estimate of drug-likeness (QED) is 0.773. The van der Waals surface area contributed by atoms with Crippen LogP contribution in [0.3, 0.4) is 0 Å². The summed E-state index contributed by atoms with van der Waals surface area (Å²) in [5, 5.41) is 8.18. The Morgan fingerprint density at radius 2 is 2.26 bits per heavy atom. The molecule has 0 bridgehead atoms. The summed E-state index contributed by atoms with van der Waals surface area (Å²) in [4.78, 5) is 19.2. The lowest BCUT2D eigenvalue weighted by atomic mass is 10.0. The van der Waals surface area contributed by atoms with Gasteiger partial charge in [-0.3, -0.25) is 9.69 Å². The normalized spacial score (nSPS) is 18.0. The van der Waals surface area contributed by atoms with E-state index in [2.05, 4.69) is 26.6 Å². The van der Waals surface area contributed by atoms with Gasteiger partial charge >= 0.3 is 0 Å². The number of amides is 1. The minimum Gasteiger partial charge on any atom is -0.350 e. The van der Waals surface area contributed by atoms with Crippen molar-refractivity contribution < 1.29 is 4.79 Å². The number of benzene rings is 1. The molecule has 0 radical (unpaired) electrons. The second kappa shape index (κ2) is 6.39. The Balaban J connectivity index is 1.36. The van der Waals surface area contributed by atoms with Crippen LogP contribution < -0.4 is 5.32 Å². The zero-order valence-electron chi connectivity index (χ0n) is 12.6. The molecule has 118 valence electrons. The zero-order chi connectivity index (χ0) is 15.6. The Morgan fingerprint density at radius 1 is 1.35 bits per heavy atom. The summed E-state index contributed by atoms with van der Waals surface area (Å²) in [6.45, 7) is 2.66. The van der Waals surface area contributed by atoms with Gasteiger partial charge in [0.25, 0.3) is 5.91 Å². The van der Waals surface area contributed by atoms with Crippen LogP contribution in [0.5, 0.6) is 0 Å². The van der Waals surface area contributed by atoms with Crippen LogP contribution in [0.2, 0.25) is 0 Å². The lowest BCUT2D eigenvalue weighted by Crippen LogP contribution is -2.52. The van der Waals surface area contributed by atoms with Gasteiger partial charge < -0.3 is 5.32 Å². The molecule has 6 heteroatoms. The zero-order valence-corrected chi connectivity index (χ0v) is 14.2. The van der Waals surface area contributed by atoms with E-state index in [-0.39, 0.29) is 5.91 Å². The van der Waals surface area contributed by atoms with E-state index in [4.69, 9.17) is 0 Å². The molecule has 1 atom stereocenters. The first-order valence-electron chi connectivity index (χ1n) is 7.67. The number of hydrogen-bond acceptors (Lipinski definition) is 5. The molecule has 1 amide bonds. The van der Waals surface area contributed by atoms with Gasteiger partial charge in [-0.2, -0.15) is 0 Å². The predicted molar refractivity (Wildman–Crippen MR) is 95.1 cm³/mol. The largest absolute Gasteiger partial charge is 0.350 e. The average molecular weight is 343 g/mol. The number of likely N-dealkylation sites (tertiary alicyclic amines) is 1. The van der Waals surface area contributed by atoms with Gasteiger partial charge in [-0.1, -0.05) is 18.2 Å². The first-order valence-corrected chi connectivity index (χ1v) is 9.49. The van der Waals surface area contributed by atoms with Crippen molar-refractivity contribution in [2.24, 2.45) is 0 Å². The summed E-state index contributed by atoms with van der Waals surface area (Å²) in [6.07, 6.45) is 1.13. The molecule has 1 fully saturated rings. The van der Waals surface area contributed by atoms with Crippen molar-refractivity contribution in [3.8, 4) is 0 Å². The van der Waals surface area contributed by atoms with Gasteiger partial charge in [0, 0.05) is 46.5 Å². The molecule has 2 aromatic heterocycles. The van der Waals surface area contributed by atoms with Crippen molar-refractivity contribution in [3.05, 3.63) is 51.8 Å². The number of nitrogens with one attached hydrogen (secondary N) is 1. The van der Waals surface area contributed by atoms with Crippen molar-refractivity contribution in [2.45, 2.75) is 19.0 Å². The Kier molecular flexibility index (Phi) is 4.11. The molecule has 0 saturated carbocycles. The van der Waals surface area contributed by atoms with E-state index in [0.29, 0.717) is 12.6 Å². The SMILES string of the molecule is O=C(NCC1CCN1Cc1cscn1)c1csc2ccccc12. The summed E-state index contributed by atoms with van der Waals surface area (Å²) in [5.41, 5.74) is 3.78. The van der Waals surface area contributed by atoms with Gasteiger partial charge in [-0.25, -0.2) is 4.98 Å². The maximum Gasteiger partial charge on any atom is 0.252 e. The van der Waals surface area contributed by atoms with Gasteiger partial charge in [0.05, 0.1) is 16.8 Å². The van der Waals surface area contributed by atoms with Gasteiger partial charge in [0.2, 0.25) is 0 Å². The van der Waals surface area contributed by atoms with Crippen molar-refractivity contribution in [3.63, 3.8) is 0 Å². The molecule has 0 aliphatic carbocycles. The molecule has 1 aliphatic heterocycles. The van der Waals surface area contributed by atoms with E-state index in [1.165, 1.54) is 0 Å². The van der Waals surface area contributed by atoms with Crippen molar-refractivity contribution in [2.75, 3.05) is 13.1 Å². The summed E-state index contributed by atoms with van der Waals surface area (Å²) in [6, 6.07) is 8.47. The first kappa shape index (κ1) is 14.8. The van der Waals surface area contributed by atoms with Crippen LogP contribution in [0.25, 0.3) is 10.1 Å². The summed E-state index contributed by atoms with van der Waals surface area (Å²) in [5.74, 6) is 0.0305. The molecule has 1 N–H and O–H groups in total. The monoisotopic (exact) mass is 343 g/mol. The third-order valence-electron chi connectivity index (χ3n) is 4.34. The molecule has 1 saturated heterocycles. The summed E-state index contributed by atoms with van der Waals surface area (Å²) >= 11 is 3.25. The molecular formula is C17H17N3OS2. The second-order valence-corrected chi connectivity index (χ2v) is 7.38. The minimum atomic E-state index is 0.0305. The maximum absolute atomic E-state index is 12.5. The van der Waals surface area contributed by atoms with Gasteiger partial charge in [0.1, 0.15) is 0 Å². The number of fused-ring (bicyclic) bond motifs is 1. The Morgan fingerprint density at radius 3 is 3.04 bits per heavy atom. The molecule has 4 rings (SSSR count). The average Bonchev–Trinajstić information content (AvgIpc) is 3.21. The van der Waals surface area contributed by atoms with Crippen LogP contribution in [0.4, 0.5) is 0 Å². The molecule has 1 aliphatic rings. The number of thiophene rings is 1. The standard InChI is InChI=1S/C17H17N3OS2/c21-17(15-10-23-16-4-2-1-3-14(15)16)18-7-13-5-6-20(13)8-12-9-22-11-19-12/h1-4,9-11,13H,5-8H2,(H,18,21). The number of carbonyl (C=O) groups excluding carboxylic acids is 1. The minimum absolute atomic E-state index is 0.0305. The highest BCUT2D eigenvalue weighted by atomic mass is 32.1. The van der Waals surface area contributed by atoms with Crippen LogP contribution in [0.15, 0.2) is 40.5 Å². The molecular weight excluding hydrogens is 326 g/mol. The Bertz CT molecular complexity index is 812. The molecule has 3 aromatic rings. The van der Waals surface area contributed by atoms with E-state index in [0.717, 1.165) is 40.9 Å². The van der Waals surface area contributed by atoms with E-state index >= 15 is 0 Å². The molecule has 23 heavy (non-hydrogen) atoms. The van der Waals surface area contributed by atoms with Crippen molar-refractivity contribution in [1.82, 2.24) is 15.2 Å². The smallest absolute Gasteiger partial charge is 0.252 e. The van der Waals surface area contributed by atoms with Crippen LogP contribution in [0, 0.1) is 0 Å². The number of nitrogens with zero attached hydrogens (tertiary/aromatic N) is 2. The fourth-order valence-corrected chi connectivity index (χ4v) is 4.41. The molecule has 1 unspecified atom stereocenters. The number of hydrogen-bond donors (Lipinski definition) is 1. The van der Waals surface area contributed by atoms with E-state index < -0.39 is 0 Å². The van der Waals surface area contributed by atoms with Crippen molar-refractivity contribution >= 4 is 38.7 Å². The lowest BCUT2D eigenvalue weighted by Gasteiger charge is -2.40. The highest BCUT2D eigenvalue weighted by Crippen LogP contribution is 2.26. The second-order valence-electron chi connectivity index (χ2n) is 5.75. The maximum atomic E-state index is 12.5. The Hall–Kier alpha value is -1.76. The molecule has 1 aromatic carbocycles. The number of rotatable bonds is 5. The topological polar surface area (TPSA) is 45.2 Å². The van der Waals surface area contributed by atoms with Crippen LogP contribution in [0.1, 0.15) is 22.5 Å². The third-order valence-corrected chi connectivity index (χ3v) is 5.94. The van der Waals surface area contributed by atoms with Gasteiger partial charge in [-0.05, 0) is 12.5 Å². The highest BCUT2D eigenvalue weighted by Gasteiger charge is 2.28. The summed E-state index contributed by atoms with van der Waals surface area (Å²) in [7, 11) is 0. The van der Waals surface area contributed by atoms with Crippen LogP contribution in [-0.2, 0) is 6.54 Å². The van der Waals surface area contributed by atoms with Crippen LogP contribution >= 0.6 is 22.7 Å². The highest BCUT2D eigenvalue weighted by molar-refractivity contribution is 7.17. The van der Waals surface area contributed by atoms with Gasteiger partial charge in [0.15, 0.2) is 0 Å². The third kappa shape index (κ3) is 3.02. The van der Waals surface area contributed by atoms with E-state index in [1.807, 2.05) is 29.1 Å². The molecule has 0 spiro atoms. The fourth-order valence-electron chi connectivity index (χ4n) is 2.92. The van der Waals surface area contributed by atoms with Crippen LogP contribution in [-0.4, -0.2) is 34.9 Å². The molecule has 3 heterocycles. The van der Waals surface area contributed by atoms with Crippen molar-refractivity contribution in [1.29, 1.82) is 0 Å². The summed E-state index contributed by atoms with van der Waals surface area (Å²) < 4.78 is 1.16. The number of thiazole rings is 1. The van der Waals surface area contributed by atoms with E-state index in [1.54, 1.807) is 22.7 Å². The van der Waals surface area contributed by atoms with Gasteiger partial charge in [-0.15, -0.1) is 22.7 Å². The predicted octanol–water partition coefficient (Wildman–Crippen LogP) is 3.36. The lowest BCUT2D eigenvalue weighted by molar-refractivity contribution is 0.0725. The Labute approximate surface area is 142 Å².